The summed E-state index contributed by atoms with van der Waals surface area (Å²) in [7, 11) is 0. The summed E-state index contributed by atoms with van der Waals surface area (Å²) in [6, 6.07) is 9.83. The summed E-state index contributed by atoms with van der Waals surface area (Å²) < 4.78 is 2.37. The number of nitrogen functional groups attached to an aromatic ring is 1. The number of anilines is 1. The molecule has 0 fully saturated rings. The Kier molecular flexibility index (Phi) is 7.67. The molecule has 0 bridgehead atoms. The molecule has 2 aromatic carbocycles. The van der Waals surface area contributed by atoms with Crippen LogP contribution in [0.15, 0.2) is 36.4 Å². The second-order valence-electron chi connectivity index (χ2n) is 3.81. The van der Waals surface area contributed by atoms with Crippen LogP contribution in [-0.2, 0) is 0 Å². The van der Waals surface area contributed by atoms with E-state index in [9.17, 15) is 20.2 Å². The SMILES string of the molecule is Nc1ccc(I)cc1[N+](=O)[O-].O=[N+]([O-])c1cc(I)ccc1I. The fraction of sp³-hybridized carbons (Fsp3) is 0. The smallest absolute Gasteiger partial charge is 0.293 e. The normalized spacial score (nSPS) is 9.59. The van der Waals surface area contributed by atoms with Crippen LogP contribution in [0.1, 0.15) is 0 Å². The molecule has 0 spiro atoms. The number of rotatable bonds is 2. The van der Waals surface area contributed by atoms with Crippen molar-refractivity contribution in [3.05, 3.63) is 67.3 Å². The Labute approximate surface area is 166 Å². The van der Waals surface area contributed by atoms with Gasteiger partial charge in [0, 0.05) is 19.3 Å². The van der Waals surface area contributed by atoms with Crippen molar-refractivity contribution in [3.8, 4) is 0 Å². The van der Waals surface area contributed by atoms with Gasteiger partial charge in [-0.2, -0.15) is 0 Å². The van der Waals surface area contributed by atoms with Gasteiger partial charge in [-0.1, -0.05) is 0 Å². The van der Waals surface area contributed by atoms with Gasteiger partial charge in [0.15, 0.2) is 0 Å². The molecule has 0 saturated heterocycles. The lowest BCUT2D eigenvalue weighted by molar-refractivity contribution is -0.385. The molecule has 0 aromatic heterocycles. The van der Waals surface area contributed by atoms with E-state index >= 15 is 0 Å². The molecule has 0 radical (unpaired) electrons. The van der Waals surface area contributed by atoms with Crippen LogP contribution in [-0.4, -0.2) is 9.85 Å². The maximum absolute atomic E-state index is 10.4. The number of hydrogen-bond acceptors (Lipinski definition) is 5. The highest BCUT2D eigenvalue weighted by molar-refractivity contribution is 14.1. The lowest BCUT2D eigenvalue weighted by Gasteiger charge is -1.95. The van der Waals surface area contributed by atoms with Crippen molar-refractivity contribution in [1.82, 2.24) is 0 Å². The molecule has 0 heterocycles. The number of nitro groups is 2. The molecule has 7 nitrogen and oxygen atoms in total. The second-order valence-corrected chi connectivity index (χ2v) is 7.47. The third kappa shape index (κ3) is 5.79. The number of nitrogens with two attached hydrogens (primary N) is 1. The first-order valence-electron chi connectivity index (χ1n) is 5.51. The fourth-order valence-electron chi connectivity index (χ4n) is 1.30. The van der Waals surface area contributed by atoms with Gasteiger partial charge in [-0.3, -0.25) is 20.2 Å². The monoisotopic (exact) mass is 639 g/mol. The van der Waals surface area contributed by atoms with Gasteiger partial charge in [0.05, 0.1) is 13.4 Å². The molecule has 0 aliphatic rings. The average molecular weight is 639 g/mol. The molecule has 0 amide bonds. The molecule has 0 atom stereocenters. The van der Waals surface area contributed by atoms with Crippen molar-refractivity contribution in [3.63, 3.8) is 0 Å². The van der Waals surface area contributed by atoms with Crippen molar-refractivity contribution in [1.29, 1.82) is 0 Å². The molecule has 22 heavy (non-hydrogen) atoms. The average Bonchev–Trinajstić information content (AvgIpc) is 2.44. The molecule has 0 aliphatic carbocycles. The lowest BCUT2D eigenvalue weighted by Crippen LogP contribution is -1.95. The van der Waals surface area contributed by atoms with E-state index in [1.807, 2.05) is 73.8 Å². The van der Waals surface area contributed by atoms with Gasteiger partial charge in [0.25, 0.3) is 11.4 Å². The number of benzene rings is 2. The third-order valence-electron chi connectivity index (χ3n) is 2.29. The summed E-state index contributed by atoms with van der Waals surface area (Å²) in [6.07, 6.45) is 0. The van der Waals surface area contributed by atoms with Crippen LogP contribution in [0.4, 0.5) is 17.1 Å². The van der Waals surface area contributed by atoms with Crippen molar-refractivity contribution >= 4 is 84.8 Å². The van der Waals surface area contributed by atoms with Gasteiger partial charge in [-0.25, -0.2) is 0 Å². The molecular weight excluding hydrogens is 631 g/mol. The first-order valence-corrected chi connectivity index (χ1v) is 8.75. The predicted molar refractivity (Wildman–Crippen MR) is 109 cm³/mol. The van der Waals surface area contributed by atoms with E-state index in [0.717, 1.165) is 7.14 Å². The Morgan fingerprint density at radius 3 is 1.68 bits per heavy atom. The Bertz CT molecular complexity index is 663. The first-order chi connectivity index (χ1) is 10.2. The van der Waals surface area contributed by atoms with Crippen LogP contribution in [0.5, 0.6) is 0 Å². The largest absolute Gasteiger partial charge is 0.393 e. The van der Waals surface area contributed by atoms with Gasteiger partial charge in [-0.15, -0.1) is 0 Å². The molecule has 0 saturated carbocycles. The Hall–Kier alpha value is -0.770. The van der Waals surface area contributed by atoms with Crippen LogP contribution in [0, 0.1) is 30.9 Å². The lowest BCUT2D eigenvalue weighted by atomic mass is 10.3. The highest BCUT2D eigenvalue weighted by atomic mass is 127. The summed E-state index contributed by atoms with van der Waals surface area (Å²) in [6.45, 7) is 0. The molecule has 2 N–H and O–H groups in total. The summed E-state index contributed by atoms with van der Waals surface area (Å²) in [5.74, 6) is 0. The van der Waals surface area contributed by atoms with Crippen molar-refractivity contribution in [2.45, 2.75) is 0 Å². The highest BCUT2D eigenvalue weighted by Gasteiger charge is 2.11. The maximum Gasteiger partial charge on any atom is 0.293 e. The topological polar surface area (TPSA) is 112 Å². The number of nitrogens with zero attached hydrogens (tertiary/aromatic N) is 2. The fourth-order valence-corrected chi connectivity index (χ4v) is 2.78. The number of halogens is 3. The Balaban J connectivity index is 0.000000220. The zero-order chi connectivity index (χ0) is 16.9. The summed E-state index contributed by atoms with van der Waals surface area (Å²) in [4.78, 5) is 19.8. The quantitative estimate of drug-likeness (QED) is 0.224. The van der Waals surface area contributed by atoms with Crippen LogP contribution in [0.25, 0.3) is 0 Å². The van der Waals surface area contributed by atoms with Crippen LogP contribution >= 0.6 is 67.8 Å². The molecule has 2 aromatic rings. The minimum Gasteiger partial charge on any atom is -0.393 e. The molecular formula is C12H8I3N3O4. The van der Waals surface area contributed by atoms with E-state index in [4.69, 9.17) is 5.73 Å². The van der Waals surface area contributed by atoms with Crippen molar-refractivity contribution in [2.24, 2.45) is 0 Å². The van der Waals surface area contributed by atoms with Crippen molar-refractivity contribution in [2.75, 3.05) is 5.73 Å². The van der Waals surface area contributed by atoms with Gasteiger partial charge < -0.3 is 5.73 Å². The van der Waals surface area contributed by atoms with Crippen LogP contribution in [0.3, 0.4) is 0 Å². The van der Waals surface area contributed by atoms with Crippen molar-refractivity contribution < 1.29 is 9.85 Å². The summed E-state index contributed by atoms with van der Waals surface area (Å²) in [5.41, 5.74) is 5.70. The molecule has 2 rings (SSSR count). The van der Waals surface area contributed by atoms with Gasteiger partial charge in [-0.05, 0) is 92.0 Å². The van der Waals surface area contributed by atoms with E-state index in [1.54, 1.807) is 18.2 Å². The molecule has 0 unspecified atom stereocenters. The predicted octanol–water partition coefficient (Wildman–Crippen LogP) is 4.59. The standard InChI is InChI=1S/C6H3I2NO2.C6H5IN2O2/c2*7-4-1-2-5(8)6(3-4)9(10)11/h1-3H;1-3H,8H2. The second kappa shape index (κ2) is 8.76. The minimum atomic E-state index is -0.489. The highest BCUT2D eigenvalue weighted by Crippen LogP contribution is 2.23. The zero-order valence-corrected chi connectivity index (χ0v) is 17.2. The first kappa shape index (κ1) is 19.3. The van der Waals surface area contributed by atoms with E-state index < -0.39 is 4.92 Å². The van der Waals surface area contributed by atoms with Crippen LogP contribution in [0.2, 0.25) is 0 Å². The van der Waals surface area contributed by atoms with E-state index in [-0.39, 0.29) is 22.0 Å². The maximum atomic E-state index is 10.4. The van der Waals surface area contributed by atoms with Gasteiger partial charge in [0.2, 0.25) is 0 Å². The zero-order valence-electron chi connectivity index (χ0n) is 10.7. The third-order valence-corrected chi connectivity index (χ3v) is 4.55. The number of hydrogen-bond donors (Lipinski definition) is 1. The summed E-state index contributed by atoms with van der Waals surface area (Å²) >= 11 is 5.99. The molecule has 10 heteroatoms. The van der Waals surface area contributed by atoms with E-state index in [0.29, 0.717) is 3.57 Å². The van der Waals surface area contributed by atoms with E-state index in [2.05, 4.69) is 0 Å². The van der Waals surface area contributed by atoms with E-state index in [1.165, 1.54) is 12.1 Å². The Morgan fingerprint density at radius 1 is 0.818 bits per heavy atom. The van der Waals surface area contributed by atoms with Gasteiger partial charge >= 0.3 is 0 Å². The van der Waals surface area contributed by atoms with Crippen LogP contribution < -0.4 is 5.73 Å². The number of nitro benzene ring substituents is 2. The van der Waals surface area contributed by atoms with Gasteiger partial charge in [0.1, 0.15) is 5.69 Å². The molecule has 116 valence electrons. The minimum absolute atomic E-state index is 0.0306. The summed E-state index contributed by atoms with van der Waals surface area (Å²) in [5, 5.41) is 20.7. The molecule has 0 aliphatic heterocycles. The Morgan fingerprint density at radius 2 is 1.27 bits per heavy atom.